The standard InChI is InChI=1S/C13H13N3O5/c14-5-9-2-1-3-10(4-9)15-11(17)6-16(7-12(18)19)8-13(20)21/h1-4H,6-8H2,(H,15,17)(H,18,19)(H,20,21). The van der Waals surface area contributed by atoms with Crippen molar-refractivity contribution in [2.24, 2.45) is 0 Å². The van der Waals surface area contributed by atoms with Gasteiger partial charge in [0, 0.05) is 5.69 Å². The van der Waals surface area contributed by atoms with Gasteiger partial charge in [-0.1, -0.05) is 6.07 Å². The third-order valence-corrected chi connectivity index (χ3v) is 2.36. The Bertz CT molecular complexity index is 578. The molecule has 1 amide bonds. The SMILES string of the molecule is N#Cc1cccc(NC(=O)CN(CC(=O)O)CC(=O)O)c1. The molecule has 0 aliphatic heterocycles. The topological polar surface area (TPSA) is 131 Å². The Morgan fingerprint density at radius 2 is 1.76 bits per heavy atom. The van der Waals surface area contributed by atoms with Crippen LogP contribution in [0.4, 0.5) is 5.69 Å². The Balaban J connectivity index is 2.66. The summed E-state index contributed by atoms with van der Waals surface area (Å²) in [5, 5.41) is 28.5. The van der Waals surface area contributed by atoms with E-state index in [1.54, 1.807) is 18.2 Å². The lowest BCUT2D eigenvalue weighted by atomic mass is 10.2. The smallest absolute Gasteiger partial charge is 0.317 e. The first kappa shape index (κ1) is 16.1. The Morgan fingerprint density at radius 3 is 2.29 bits per heavy atom. The number of carboxylic acid groups (broad SMARTS) is 2. The number of carbonyl (C=O) groups excluding carboxylic acids is 1. The van der Waals surface area contributed by atoms with Crippen LogP contribution in [0, 0.1) is 11.3 Å². The minimum Gasteiger partial charge on any atom is -0.480 e. The molecule has 0 heterocycles. The summed E-state index contributed by atoms with van der Waals surface area (Å²) in [5.41, 5.74) is 0.741. The summed E-state index contributed by atoms with van der Waals surface area (Å²) in [6.45, 7) is -1.49. The average Bonchev–Trinajstić information content (AvgIpc) is 2.37. The predicted octanol–water partition coefficient (Wildman–Crippen LogP) is -0.0320. The van der Waals surface area contributed by atoms with Gasteiger partial charge in [0.05, 0.1) is 31.3 Å². The number of nitrogens with zero attached hydrogens (tertiary/aromatic N) is 2. The maximum absolute atomic E-state index is 11.8. The maximum atomic E-state index is 11.8. The lowest BCUT2D eigenvalue weighted by Crippen LogP contribution is -2.40. The first-order chi connectivity index (χ1) is 9.90. The highest BCUT2D eigenvalue weighted by molar-refractivity contribution is 5.93. The van der Waals surface area contributed by atoms with Crippen molar-refractivity contribution < 1.29 is 24.6 Å². The third kappa shape index (κ3) is 6.17. The van der Waals surface area contributed by atoms with Crippen LogP contribution in [0.5, 0.6) is 0 Å². The van der Waals surface area contributed by atoms with Gasteiger partial charge in [0.2, 0.25) is 5.91 Å². The molecule has 110 valence electrons. The highest BCUT2D eigenvalue weighted by atomic mass is 16.4. The van der Waals surface area contributed by atoms with Crippen LogP contribution in [-0.4, -0.2) is 52.6 Å². The number of anilines is 1. The van der Waals surface area contributed by atoms with Crippen molar-refractivity contribution >= 4 is 23.5 Å². The van der Waals surface area contributed by atoms with E-state index in [1.807, 2.05) is 6.07 Å². The molecule has 0 aliphatic carbocycles. The van der Waals surface area contributed by atoms with Crippen molar-refractivity contribution in [3.05, 3.63) is 29.8 Å². The highest BCUT2D eigenvalue weighted by Crippen LogP contribution is 2.09. The largest absolute Gasteiger partial charge is 0.480 e. The Kier molecular flexibility index (Phi) is 5.85. The molecule has 0 aromatic heterocycles. The lowest BCUT2D eigenvalue weighted by Gasteiger charge is -2.17. The van der Waals surface area contributed by atoms with E-state index in [0.717, 1.165) is 4.90 Å². The second kappa shape index (κ2) is 7.62. The van der Waals surface area contributed by atoms with E-state index in [2.05, 4.69) is 5.32 Å². The number of carbonyl (C=O) groups is 3. The van der Waals surface area contributed by atoms with Crippen LogP contribution >= 0.6 is 0 Å². The highest BCUT2D eigenvalue weighted by Gasteiger charge is 2.17. The molecule has 8 nitrogen and oxygen atoms in total. The van der Waals surface area contributed by atoms with Crippen molar-refractivity contribution in [2.75, 3.05) is 25.0 Å². The number of nitriles is 1. The first-order valence-corrected chi connectivity index (χ1v) is 5.86. The fraction of sp³-hybridized carbons (Fsp3) is 0.231. The fourth-order valence-electron chi connectivity index (χ4n) is 1.62. The summed E-state index contributed by atoms with van der Waals surface area (Å²) < 4.78 is 0. The molecule has 21 heavy (non-hydrogen) atoms. The fourth-order valence-corrected chi connectivity index (χ4v) is 1.62. The number of benzene rings is 1. The Morgan fingerprint density at radius 1 is 1.14 bits per heavy atom. The van der Waals surface area contributed by atoms with E-state index >= 15 is 0 Å². The van der Waals surface area contributed by atoms with E-state index < -0.39 is 30.9 Å². The van der Waals surface area contributed by atoms with Gasteiger partial charge in [0.1, 0.15) is 0 Å². The van der Waals surface area contributed by atoms with Crippen LogP contribution in [0.1, 0.15) is 5.56 Å². The van der Waals surface area contributed by atoms with E-state index in [0.29, 0.717) is 11.3 Å². The number of rotatable bonds is 7. The second-order valence-corrected chi connectivity index (χ2v) is 4.17. The molecule has 0 bridgehead atoms. The van der Waals surface area contributed by atoms with Crippen LogP contribution < -0.4 is 5.32 Å². The molecule has 0 spiro atoms. The van der Waals surface area contributed by atoms with Crippen molar-refractivity contribution in [2.45, 2.75) is 0 Å². The van der Waals surface area contributed by atoms with Crippen molar-refractivity contribution in [1.82, 2.24) is 4.90 Å². The average molecular weight is 291 g/mol. The third-order valence-electron chi connectivity index (χ3n) is 2.36. The van der Waals surface area contributed by atoms with E-state index in [9.17, 15) is 14.4 Å². The summed E-state index contributed by atoms with van der Waals surface area (Å²) in [6, 6.07) is 8.09. The van der Waals surface area contributed by atoms with Gasteiger partial charge >= 0.3 is 11.9 Å². The number of carboxylic acids is 2. The van der Waals surface area contributed by atoms with Crippen molar-refractivity contribution in [3.63, 3.8) is 0 Å². The zero-order valence-corrected chi connectivity index (χ0v) is 10.9. The molecule has 0 saturated heterocycles. The summed E-state index contributed by atoms with van der Waals surface area (Å²) in [4.78, 5) is 34.0. The number of amides is 1. The van der Waals surface area contributed by atoms with Crippen molar-refractivity contribution in [3.8, 4) is 6.07 Å². The predicted molar refractivity (Wildman–Crippen MR) is 71.5 cm³/mol. The van der Waals surface area contributed by atoms with Gasteiger partial charge in [-0.3, -0.25) is 19.3 Å². The Labute approximate surface area is 120 Å². The molecule has 1 rings (SSSR count). The van der Waals surface area contributed by atoms with Gasteiger partial charge < -0.3 is 15.5 Å². The molecule has 1 aromatic rings. The molecule has 0 atom stereocenters. The molecular formula is C13H13N3O5. The molecule has 0 fully saturated rings. The Hall–Kier alpha value is -2.92. The monoisotopic (exact) mass is 291 g/mol. The van der Waals surface area contributed by atoms with Crippen LogP contribution in [-0.2, 0) is 14.4 Å². The van der Waals surface area contributed by atoms with Crippen molar-refractivity contribution in [1.29, 1.82) is 5.26 Å². The quantitative estimate of drug-likeness (QED) is 0.642. The summed E-state index contributed by atoms with van der Waals surface area (Å²) in [6.07, 6.45) is 0. The minimum absolute atomic E-state index is 0.362. The number of nitrogens with one attached hydrogen (secondary N) is 1. The second-order valence-electron chi connectivity index (χ2n) is 4.17. The molecule has 3 N–H and O–H groups in total. The summed E-state index contributed by atoms with van der Waals surface area (Å²) in [5.74, 6) is -3.02. The lowest BCUT2D eigenvalue weighted by molar-refractivity contribution is -0.142. The van der Waals surface area contributed by atoms with Crippen LogP contribution in [0.25, 0.3) is 0 Å². The van der Waals surface area contributed by atoms with Gasteiger partial charge in [-0.2, -0.15) is 5.26 Å². The van der Waals surface area contributed by atoms with E-state index in [4.69, 9.17) is 15.5 Å². The molecule has 1 aromatic carbocycles. The molecule has 0 saturated carbocycles. The summed E-state index contributed by atoms with van der Waals surface area (Å²) >= 11 is 0. The molecule has 0 aliphatic rings. The molecule has 8 heteroatoms. The summed E-state index contributed by atoms with van der Waals surface area (Å²) in [7, 11) is 0. The van der Waals surface area contributed by atoms with E-state index in [-0.39, 0.29) is 6.54 Å². The minimum atomic E-state index is -1.23. The van der Waals surface area contributed by atoms with Crippen LogP contribution in [0.15, 0.2) is 24.3 Å². The molecule has 0 radical (unpaired) electrons. The molecule has 0 unspecified atom stereocenters. The van der Waals surface area contributed by atoms with Gasteiger partial charge in [0.25, 0.3) is 0 Å². The zero-order chi connectivity index (χ0) is 15.8. The maximum Gasteiger partial charge on any atom is 0.317 e. The normalized spacial score (nSPS) is 9.90. The van der Waals surface area contributed by atoms with Crippen LogP contribution in [0.2, 0.25) is 0 Å². The molecular weight excluding hydrogens is 278 g/mol. The number of hydrogen-bond acceptors (Lipinski definition) is 5. The van der Waals surface area contributed by atoms with Gasteiger partial charge in [-0.15, -0.1) is 0 Å². The zero-order valence-electron chi connectivity index (χ0n) is 10.9. The van der Waals surface area contributed by atoms with Gasteiger partial charge in [0.15, 0.2) is 0 Å². The van der Waals surface area contributed by atoms with Gasteiger partial charge in [-0.05, 0) is 18.2 Å². The van der Waals surface area contributed by atoms with Gasteiger partial charge in [-0.25, -0.2) is 0 Å². The number of aliphatic carboxylic acids is 2. The first-order valence-electron chi connectivity index (χ1n) is 5.86. The number of hydrogen-bond donors (Lipinski definition) is 3. The van der Waals surface area contributed by atoms with E-state index in [1.165, 1.54) is 6.07 Å². The van der Waals surface area contributed by atoms with Crippen LogP contribution in [0.3, 0.4) is 0 Å².